The van der Waals surface area contributed by atoms with Gasteiger partial charge in [-0.3, -0.25) is 4.79 Å². The number of halogens is 1. The molecule has 1 aromatic carbocycles. The fourth-order valence-electron chi connectivity index (χ4n) is 2.91. The average molecular weight is 335 g/mol. The Hall–Kier alpha value is -1.85. The Morgan fingerprint density at radius 1 is 1.26 bits per heavy atom. The minimum Gasteiger partial charge on any atom is -0.349 e. The first-order valence-electron chi connectivity index (χ1n) is 7.79. The lowest BCUT2D eigenvalue weighted by molar-refractivity contribution is 0.0929. The van der Waals surface area contributed by atoms with Gasteiger partial charge in [0.15, 0.2) is 0 Å². The minimum absolute atomic E-state index is 0. The van der Waals surface area contributed by atoms with Crippen LogP contribution in [-0.2, 0) is 0 Å². The zero-order valence-electron chi connectivity index (χ0n) is 13.5. The Balaban J connectivity index is 0.00000192. The summed E-state index contributed by atoms with van der Waals surface area (Å²) in [4.78, 5) is 12.5. The number of amides is 1. The highest BCUT2D eigenvalue weighted by Crippen LogP contribution is 2.17. The second-order valence-corrected chi connectivity index (χ2v) is 5.84. The number of aromatic nitrogens is 2. The van der Waals surface area contributed by atoms with Crippen LogP contribution in [0.15, 0.2) is 30.5 Å². The molecule has 0 unspecified atom stereocenters. The Morgan fingerprint density at radius 2 is 1.96 bits per heavy atom. The SMILES string of the molecule is Cc1ccccc1-n1ncc(C(=O)NC2CCNCC2)c1C.Cl. The zero-order chi connectivity index (χ0) is 15.5. The van der Waals surface area contributed by atoms with Gasteiger partial charge >= 0.3 is 0 Å². The standard InChI is InChI=1S/C17H22N4O.ClH/c1-12-5-3-4-6-16(12)21-13(2)15(11-19-21)17(22)20-14-7-9-18-10-8-14;/h3-6,11,14,18H,7-10H2,1-2H3,(H,20,22);1H. The van der Waals surface area contributed by atoms with Gasteiger partial charge in [0.25, 0.3) is 5.91 Å². The topological polar surface area (TPSA) is 59.0 Å². The number of para-hydroxylation sites is 1. The normalized spacial score (nSPS) is 15.0. The molecule has 1 aliphatic heterocycles. The van der Waals surface area contributed by atoms with Crippen LogP contribution in [0.2, 0.25) is 0 Å². The van der Waals surface area contributed by atoms with Crippen molar-refractivity contribution in [3.8, 4) is 5.69 Å². The molecular formula is C17H23ClN4O. The molecule has 0 saturated carbocycles. The summed E-state index contributed by atoms with van der Waals surface area (Å²) in [5, 5.41) is 10.8. The van der Waals surface area contributed by atoms with E-state index in [4.69, 9.17) is 0 Å². The quantitative estimate of drug-likeness (QED) is 0.906. The number of hydrogen-bond donors (Lipinski definition) is 2. The maximum atomic E-state index is 12.5. The molecule has 5 nitrogen and oxygen atoms in total. The maximum Gasteiger partial charge on any atom is 0.254 e. The van der Waals surface area contributed by atoms with Crippen LogP contribution >= 0.6 is 12.4 Å². The zero-order valence-corrected chi connectivity index (χ0v) is 14.3. The predicted molar refractivity (Wildman–Crippen MR) is 93.6 cm³/mol. The van der Waals surface area contributed by atoms with Crippen LogP contribution in [-0.4, -0.2) is 34.8 Å². The number of hydrogen-bond acceptors (Lipinski definition) is 3. The first-order chi connectivity index (χ1) is 10.7. The van der Waals surface area contributed by atoms with E-state index in [-0.39, 0.29) is 24.4 Å². The van der Waals surface area contributed by atoms with E-state index < -0.39 is 0 Å². The van der Waals surface area contributed by atoms with Gasteiger partial charge < -0.3 is 10.6 Å². The van der Waals surface area contributed by atoms with Crippen molar-refractivity contribution in [1.82, 2.24) is 20.4 Å². The molecule has 1 saturated heterocycles. The van der Waals surface area contributed by atoms with Gasteiger partial charge in [0.1, 0.15) is 0 Å². The van der Waals surface area contributed by atoms with Crippen molar-refractivity contribution in [2.24, 2.45) is 0 Å². The number of carbonyl (C=O) groups is 1. The fourth-order valence-corrected chi connectivity index (χ4v) is 2.91. The van der Waals surface area contributed by atoms with Crippen molar-refractivity contribution in [3.05, 3.63) is 47.3 Å². The monoisotopic (exact) mass is 334 g/mol. The third-order valence-electron chi connectivity index (χ3n) is 4.27. The average Bonchev–Trinajstić information content (AvgIpc) is 2.90. The first kappa shape index (κ1) is 17.5. The molecule has 1 fully saturated rings. The number of aryl methyl sites for hydroxylation is 1. The summed E-state index contributed by atoms with van der Waals surface area (Å²) >= 11 is 0. The van der Waals surface area contributed by atoms with Crippen molar-refractivity contribution >= 4 is 18.3 Å². The molecule has 23 heavy (non-hydrogen) atoms. The second kappa shape index (κ2) is 7.62. The molecule has 0 radical (unpaired) electrons. The van der Waals surface area contributed by atoms with Crippen LogP contribution in [0.25, 0.3) is 5.69 Å². The summed E-state index contributed by atoms with van der Waals surface area (Å²) in [5.74, 6) is -0.0239. The highest BCUT2D eigenvalue weighted by molar-refractivity contribution is 5.95. The fraction of sp³-hybridized carbons (Fsp3) is 0.412. The van der Waals surface area contributed by atoms with Crippen LogP contribution in [0.5, 0.6) is 0 Å². The Kier molecular flexibility index (Phi) is 5.80. The summed E-state index contributed by atoms with van der Waals surface area (Å²) in [7, 11) is 0. The third-order valence-corrected chi connectivity index (χ3v) is 4.27. The third kappa shape index (κ3) is 3.74. The van der Waals surface area contributed by atoms with Crippen molar-refractivity contribution in [3.63, 3.8) is 0 Å². The predicted octanol–water partition coefficient (Wildman–Crippen LogP) is 2.39. The van der Waals surface area contributed by atoms with E-state index in [1.807, 2.05) is 42.8 Å². The lowest BCUT2D eigenvalue weighted by Crippen LogP contribution is -2.42. The number of piperidine rings is 1. The molecule has 1 aromatic heterocycles. The Labute approximate surface area is 142 Å². The molecular weight excluding hydrogens is 312 g/mol. The Morgan fingerprint density at radius 3 is 2.65 bits per heavy atom. The van der Waals surface area contributed by atoms with Crippen LogP contribution in [0, 0.1) is 13.8 Å². The second-order valence-electron chi connectivity index (χ2n) is 5.84. The van der Waals surface area contributed by atoms with Crippen LogP contribution in [0.3, 0.4) is 0 Å². The van der Waals surface area contributed by atoms with E-state index in [9.17, 15) is 4.79 Å². The van der Waals surface area contributed by atoms with Gasteiger partial charge in [0.05, 0.1) is 23.1 Å². The molecule has 124 valence electrons. The number of carbonyl (C=O) groups excluding carboxylic acids is 1. The molecule has 0 aliphatic carbocycles. The Bertz CT molecular complexity index is 677. The van der Waals surface area contributed by atoms with Crippen LogP contribution < -0.4 is 10.6 Å². The van der Waals surface area contributed by atoms with Crippen molar-refractivity contribution in [1.29, 1.82) is 0 Å². The molecule has 3 rings (SSSR count). The van der Waals surface area contributed by atoms with E-state index >= 15 is 0 Å². The van der Waals surface area contributed by atoms with Gasteiger partial charge in [-0.15, -0.1) is 12.4 Å². The molecule has 2 N–H and O–H groups in total. The number of nitrogens with zero attached hydrogens (tertiary/aromatic N) is 2. The lowest BCUT2D eigenvalue weighted by atomic mass is 10.1. The molecule has 0 atom stereocenters. The molecule has 2 aromatic rings. The number of rotatable bonds is 3. The summed E-state index contributed by atoms with van der Waals surface area (Å²) in [6.45, 7) is 5.92. The van der Waals surface area contributed by atoms with Crippen LogP contribution in [0.4, 0.5) is 0 Å². The van der Waals surface area contributed by atoms with Gasteiger partial charge in [-0.05, 0) is 51.4 Å². The van der Waals surface area contributed by atoms with Crippen molar-refractivity contribution in [2.45, 2.75) is 32.7 Å². The van der Waals surface area contributed by atoms with E-state index in [2.05, 4.69) is 15.7 Å². The van der Waals surface area contributed by atoms with Gasteiger partial charge in [0, 0.05) is 6.04 Å². The molecule has 1 amide bonds. The first-order valence-corrected chi connectivity index (χ1v) is 7.79. The van der Waals surface area contributed by atoms with Gasteiger partial charge in [0.2, 0.25) is 0 Å². The lowest BCUT2D eigenvalue weighted by Gasteiger charge is -2.23. The smallest absolute Gasteiger partial charge is 0.254 e. The molecule has 1 aliphatic rings. The highest BCUT2D eigenvalue weighted by Gasteiger charge is 2.20. The van der Waals surface area contributed by atoms with Gasteiger partial charge in [-0.25, -0.2) is 4.68 Å². The summed E-state index contributed by atoms with van der Waals surface area (Å²) < 4.78 is 1.84. The van der Waals surface area contributed by atoms with E-state index in [1.54, 1.807) is 6.20 Å². The minimum atomic E-state index is -0.0239. The van der Waals surface area contributed by atoms with Crippen molar-refractivity contribution < 1.29 is 4.79 Å². The van der Waals surface area contributed by atoms with E-state index in [0.29, 0.717) is 5.56 Å². The van der Waals surface area contributed by atoms with Crippen molar-refractivity contribution in [2.75, 3.05) is 13.1 Å². The summed E-state index contributed by atoms with van der Waals surface area (Å²) in [5.41, 5.74) is 3.68. The maximum absolute atomic E-state index is 12.5. The highest BCUT2D eigenvalue weighted by atomic mass is 35.5. The number of benzene rings is 1. The van der Waals surface area contributed by atoms with Gasteiger partial charge in [-0.2, -0.15) is 5.10 Å². The summed E-state index contributed by atoms with van der Waals surface area (Å²) in [6.07, 6.45) is 3.63. The number of nitrogens with one attached hydrogen (secondary N) is 2. The van der Waals surface area contributed by atoms with Gasteiger partial charge in [-0.1, -0.05) is 18.2 Å². The molecule has 6 heteroatoms. The molecule has 2 heterocycles. The molecule has 0 spiro atoms. The summed E-state index contributed by atoms with van der Waals surface area (Å²) in [6, 6.07) is 8.31. The van der Waals surface area contributed by atoms with Crippen LogP contribution in [0.1, 0.15) is 34.5 Å². The largest absolute Gasteiger partial charge is 0.349 e. The van der Waals surface area contributed by atoms with E-state index in [1.165, 1.54) is 0 Å². The molecule has 0 bridgehead atoms. The van der Waals surface area contributed by atoms with E-state index in [0.717, 1.165) is 42.9 Å².